The molecule has 1 N–H and O–H groups in total. The number of imide groups is 2. The van der Waals surface area contributed by atoms with Crippen LogP contribution in [0.25, 0.3) is 6.08 Å². The smallest absolute Gasteiger partial charge is 0.339 e. The van der Waals surface area contributed by atoms with Gasteiger partial charge in [0, 0.05) is 0 Å². The third-order valence-electron chi connectivity index (χ3n) is 6.36. The lowest BCUT2D eigenvalue weighted by atomic mass is 10.1. The highest BCUT2D eigenvalue weighted by molar-refractivity contribution is 14.1. The molecule has 232 valence electrons. The van der Waals surface area contributed by atoms with Gasteiger partial charge >= 0.3 is 16.1 Å². The molecule has 4 rings (SSSR count). The molecule has 3 aromatic rings. The second-order valence-corrected chi connectivity index (χ2v) is 12.4. The summed E-state index contributed by atoms with van der Waals surface area (Å²) in [6.07, 6.45) is 2.12. The number of halogens is 1. The summed E-state index contributed by atoms with van der Waals surface area (Å²) in [5, 5.41) is 2.20. The van der Waals surface area contributed by atoms with Crippen LogP contribution in [-0.4, -0.2) is 51.5 Å². The molecule has 0 aromatic heterocycles. The Morgan fingerprint density at radius 2 is 1.66 bits per heavy atom. The summed E-state index contributed by atoms with van der Waals surface area (Å²) in [5.41, 5.74) is 1.53. The van der Waals surface area contributed by atoms with Crippen LogP contribution in [0.1, 0.15) is 37.0 Å². The lowest BCUT2D eigenvalue weighted by molar-refractivity contribution is -0.130. The number of nitrogens with zero attached hydrogens (tertiary/aromatic N) is 1. The Bertz CT molecular complexity index is 1720. The Morgan fingerprint density at radius 3 is 2.32 bits per heavy atom. The number of hydrogen-bond acceptors (Lipinski definition) is 9. The van der Waals surface area contributed by atoms with Gasteiger partial charge in [-0.2, -0.15) is 8.42 Å². The average Bonchev–Trinajstić information content (AvgIpc) is 2.98. The second-order valence-electron chi connectivity index (χ2n) is 9.66. The van der Waals surface area contributed by atoms with Crippen LogP contribution in [0.15, 0.2) is 65.1 Å². The number of barbiturate groups is 1. The van der Waals surface area contributed by atoms with Gasteiger partial charge in [0.15, 0.2) is 23.0 Å². The Hall–Kier alpha value is -4.11. The molecule has 1 heterocycles. The molecule has 0 aliphatic carbocycles. The van der Waals surface area contributed by atoms with Crippen molar-refractivity contribution >= 4 is 56.6 Å². The fourth-order valence-electron chi connectivity index (χ4n) is 4.21. The van der Waals surface area contributed by atoms with Gasteiger partial charge in [-0.15, -0.1) is 0 Å². The van der Waals surface area contributed by atoms with E-state index in [9.17, 15) is 22.8 Å². The first-order valence-corrected chi connectivity index (χ1v) is 16.1. The van der Waals surface area contributed by atoms with Crippen molar-refractivity contribution in [3.63, 3.8) is 0 Å². The van der Waals surface area contributed by atoms with Crippen molar-refractivity contribution in [2.75, 3.05) is 20.3 Å². The molecule has 0 radical (unpaired) electrons. The van der Waals surface area contributed by atoms with Crippen LogP contribution >= 0.6 is 22.6 Å². The summed E-state index contributed by atoms with van der Waals surface area (Å²) in [4.78, 5) is 39.8. The molecule has 1 aliphatic heterocycles. The van der Waals surface area contributed by atoms with Gasteiger partial charge in [0.25, 0.3) is 11.8 Å². The van der Waals surface area contributed by atoms with Gasteiger partial charge in [-0.05, 0) is 96.5 Å². The number of methoxy groups -OCH3 is 1. The number of rotatable bonds is 12. The molecule has 13 heteroatoms. The normalized spacial score (nSPS) is 14.4. The zero-order chi connectivity index (χ0) is 32.0. The predicted octanol–water partition coefficient (Wildman–Crippen LogP) is 5.23. The van der Waals surface area contributed by atoms with Crippen molar-refractivity contribution in [3.05, 3.63) is 80.4 Å². The molecule has 11 nitrogen and oxygen atoms in total. The maximum Gasteiger partial charge on any atom is 0.339 e. The van der Waals surface area contributed by atoms with Crippen LogP contribution < -0.4 is 23.7 Å². The molecular formula is C31H31IN2O9S. The van der Waals surface area contributed by atoms with Crippen molar-refractivity contribution in [2.45, 2.75) is 38.6 Å². The van der Waals surface area contributed by atoms with Gasteiger partial charge in [-0.25, -0.2) is 4.79 Å². The number of urea groups is 1. The number of amides is 4. The van der Waals surface area contributed by atoms with E-state index in [0.29, 0.717) is 32.8 Å². The molecule has 0 bridgehead atoms. The summed E-state index contributed by atoms with van der Waals surface area (Å²) in [6, 6.07) is 13.4. The van der Waals surface area contributed by atoms with Crippen molar-refractivity contribution in [3.8, 4) is 23.0 Å². The SMILES string of the molecule is CCCOc1ccc(CN2C(=O)NC(=O)/C(=C\c3cc(I)c(OS(=O)(=O)c4ccc(C)cc4)c(OCC)c3)C2=O)cc1OC. The zero-order valence-electron chi connectivity index (χ0n) is 24.5. The van der Waals surface area contributed by atoms with E-state index in [0.717, 1.165) is 16.9 Å². The van der Waals surface area contributed by atoms with E-state index in [4.69, 9.17) is 18.4 Å². The highest BCUT2D eigenvalue weighted by Gasteiger charge is 2.36. The highest BCUT2D eigenvalue weighted by Crippen LogP contribution is 2.37. The number of ether oxygens (including phenoxy) is 3. The summed E-state index contributed by atoms with van der Waals surface area (Å²) in [5.74, 6) is -0.645. The van der Waals surface area contributed by atoms with Crippen LogP contribution in [0, 0.1) is 10.5 Å². The van der Waals surface area contributed by atoms with Crippen molar-refractivity contribution in [1.82, 2.24) is 10.2 Å². The largest absolute Gasteiger partial charge is 0.493 e. The van der Waals surface area contributed by atoms with Crippen LogP contribution in [0.5, 0.6) is 23.0 Å². The topological polar surface area (TPSA) is 138 Å². The van der Waals surface area contributed by atoms with Gasteiger partial charge in [0.2, 0.25) is 0 Å². The monoisotopic (exact) mass is 734 g/mol. The first-order chi connectivity index (χ1) is 21.0. The number of nitrogens with one attached hydrogen (secondary N) is 1. The van der Waals surface area contributed by atoms with Gasteiger partial charge in [-0.1, -0.05) is 30.7 Å². The van der Waals surface area contributed by atoms with Gasteiger partial charge in [0.1, 0.15) is 10.5 Å². The van der Waals surface area contributed by atoms with Crippen LogP contribution in [0.2, 0.25) is 0 Å². The van der Waals surface area contributed by atoms with Crippen molar-refractivity contribution in [1.29, 1.82) is 0 Å². The molecular weight excluding hydrogens is 703 g/mol. The maximum absolute atomic E-state index is 13.4. The van der Waals surface area contributed by atoms with E-state index >= 15 is 0 Å². The second kappa shape index (κ2) is 14.1. The number of aryl methyl sites for hydroxylation is 1. The standard InChI is InChI=1S/C31H31IN2O9S/c1-5-13-42-25-12-9-20(16-26(25)40-4)18-34-30(36)23(29(35)33-31(34)37)14-21-15-24(32)28(27(17-21)41-6-2)43-44(38,39)22-10-7-19(3)8-11-22/h7-12,14-17H,5-6,13,18H2,1-4H3,(H,33,35,37)/b23-14+. The van der Waals surface area contributed by atoms with Crippen LogP contribution in [0.3, 0.4) is 0 Å². The maximum atomic E-state index is 13.4. The molecule has 0 saturated carbocycles. The molecule has 1 aliphatic rings. The quantitative estimate of drug-likeness (QED) is 0.115. The van der Waals surface area contributed by atoms with E-state index in [1.165, 1.54) is 37.5 Å². The number of benzene rings is 3. The lowest BCUT2D eigenvalue weighted by Gasteiger charge is -2.26. The number of carbonyl (C=O) groups is 3. The minimum absolute atomic E-state index is 0.0254. The van der Waals surface area contributed by atoms with Crippen LogP contribution in [0.4, 0.5) is 4.79 Å². The van der Waals surface area contributed by atoms with Crippen LogP contribution in [-0.2, 0) is 26.3 Å². The third-order valence-corrected chi connectivity index (χ3v) is 8.40. The van der Waals surface area contributed by atoms with E-state index in [1.54, 1.807) is 37.3 Å². The fourth-order valence-corrected chi connectivity index (χ4v) is 6.05. The molecule has 0 atom stereocenters. The summed E-state index contributed by atoms with van der Waals surface area (Å²) >= 11 is 1.89. The molecule has 3 aromatic carbocycles. The first-order valence-electron chi connectivity index (χ1n) is 13.6. The van der Waals surface area contributed by atoms with E-state index in [2.05, 4.69) is 5.32 Å². The Kier molecular flexibility index (Phi) is 10.5. The predicted molar refractivity (Wildman–Crippen MR) is 170 cm³/mol. The van der Waals surface area contributed by atoms with Crippen molar-refractivity contribution < 1.29 is 41.2 Å². The average molecular weight is 735 g/mol. The Morgan fingerprint density at radius 1 is 0.932 bits per heavy atom. The lowest BCUT2D eigenvalue weighted by Crippen LogP contribution is -2.53. The molecule has 0 unspecified atom stereocenters. The van der Waals surface area contributed by atoms with E-state index < -0.39 is 28.0 Å². The summed E-state index contributed by atoms with van der Waals surface area (Å²) in [6.45, 7) is 6.08. The number of hydrogen-bond donors (Lipinski definition) is 1. The molecule has 0 spiro atoms. The number of carbonyl (C=O) groups excluding carboxylic acids is 3. The Labute approximate surface area is 269 Å². The molecule has 4 amide bonds. The van der Waals surface area contributed by atoms with Gasteiger partial charge < -0.3 is 18.4 Å². The van der Waals surface area contributed by atoms with Gasteiger partial charge in [-0.3, -0.25) is 19.8 Å². The third kappa shape index (κ3) is 7.50. The molecule has 1 saturated heterocycles. The highest BCUT2D eigenvalue weighted by atomic mass is 127. The Balaban J connectivity index is 1.64. The van der Waals surface area contributed by atoms with Crippen molar-refractivity contribution in [2.24, 2.45) is 0 Å². The zero-order valence-corrected chi connectivity index (χ0v) is 27.5. The summed E-state index contributed by atoms with van der Waals surface area (Å²) < 4.78 is 48.6. The first kappa shape index (κ1) is 32.8. The minimum atomic E-state index is -4.19. The summed E-state index contributed by atoms with van der Waals surface area (Å²) in [7, 11) is -2.70. The van der Waals surface area contributed by atoms with Gasteiger partial charge in [0.05, 0.1) is 30.4 Å². The fraction of sp³-hybridized carbons (Fsp3) is 0.258. The molecule has 44 heavy (non-hydrogen) atoms. The van der Waals surface area contributed by atoms with E-state index in [-0.39, 0.29) is 35.1 Å². The molecule has 1 fully saturated rings. The van der Waals surface area contributed by atoms with E-state index in [1.807, 2.05) is 36.4 Å². The minimum Gasteiger partial charge on any atom is -0.493 e.